The van der Waals surface area contributed by atoms with Crippen molar-refractivity contribution in [2.75, 3.05) is 18.0 Å². The van der Waals surface area contributed by atoms with Crippen LogP contribution in [-0.4, -0.2) is 18.2 Å². The number of piperidine rings is 1. The largest absolute Gasteiger partial charge is 0.389 e. The first-order chi connectivity index (χ1) is 8.88. The van der Waals surface area contributed by atoms with Crippen molar-refractivity contribution in [2.24, 2.45) is 11.8 Å². The van der Waals surface area contributed by atoms with Crippen LogP contribution >= 0.6 is 0 Å². The summed E-state index contributed by atoms with van der Waals surface area (Å²) in [6.07, 6.45) is 0.596. The van der Waals surface area contributed by atoms with Crippen molar-refractivity contribution in [3.8, 4) is 0 Å². The summed E-state index contributed by atoms with van der Waals surface area (Å²) in [5.41, 5.74) is 2.34. The molecule has 0 aliphatic carbocycles. The van der Waals surface area contributed by atoms with E-state index in [-0.39, 0.29) is 5.82 Å². The Labute approximate surface area is 115 Å². The number of hydrogen-bond acceptors (Lipinski definition) is 2. The number of aliphatic hydroxyl groups excluding tert-OH is 1. The molecule has 1 saturated heterocycles. The SMILES string of the molecule is Cc1cc(N2CC(C)CC(C)C2)c([C@H](C)O)cc1F. The molecule has 106 valence electrons. The van der Waals surface area contributed by atoms with E-state index in [4.69, 9.17) is 0 Å². The second-order valence-electron chi connectivity index (χ2n) is 6.19. The van der Waals surface area contributed by atoms with E-state index in [1.54, 1.807) is 13.8 Å². The molecule has 19 heavy (non-hydrogen) atoms. The molecule has 1 aliphatic rings. The molecule has 0 aromatic heterocycles. The van der Waals surface area contributed by atoms with Crippen LogP contribution in [0.15, 0.2) is 12.1 Å². The van der Waals surface area contributed by atoms with Crippen LogP contribution in [0, 0.1) is 24.6 Å². The summed E-state index contributed by atoms with van der Waals surface area (Å²) in [6, 6.07) is 3.36. The van der Waals surface area contributed by atoms with Crippen LogP contribution in [0.25, 0.3) is 0 Å². The molecule has 0 saturated carbocycles. The Hall–Kier alpha value is -1.09. The number of hydrogen-bond donors (Lipinski definition) is 1. The maximum atomic E-state index is 13.7. The van der Waals surface area contributed by atoms with Crippen molar-refractivity contribution < 1.29 is 9.50 Å². The summed E-state index contributed by atoms with van der Waals surface area (Å²) in [5.74, 6) is 1.03. The van der Waals surface area contributed by atoms with E-state index in [1.165, 1.54) is 12.5 Å². The van der Waals surface area contributed by atoms with E-state index < -0.39 is 6.10 Å². The average molecular weight is 265 g/mol. The van der Waals surface area contributed by atoms with Crippen LogP contribution in [0.1, 0.15) is 44.4 Å². The minimum atomic E-state index is -0.641. The molecule has 0 amide bonds. The van der Waals surface area contributed by atoms with Crippen LogP contribution in [0.2, 0.25) is 0 Å². The van der Waals surface area contributed by atoms with Gasteiger partial charge in [-0.3, -0.25) is 0 Å². The zero-order valence-electron chi connectivity index (χ0n) is 12.3. The molecule has 1 N–H and O–H groups in total. The molecule has 1 aromatic carbocycles. The summed E-state index contributed by atoms with van der Waals surface area (Å²) in [7, 11) is 0. The predicted octanol–water partition coefficient (Wildman–Crippen LogP) is 3.67. The number of aliphatic hydroxyl groups is 1. The van der Waals surface area contributed by atoms with E-state index in [0.29, 0.717) is 23.0 Å². The van der Waals surface area contributed by atoms with Gasteiger partial charge < -0.3 is 10.0 Å². The normalized spacial score (nSPS) is 25.5. The zero-order chi connectivity index (χ0) is 14.2. The van der Waals surface area contributed by atoms with Gasteiger partial charge in [-0.2, -0.15) is 0 Å². The first kappa shape index (κ1) is 14.3. The van der Waals surface area contributed by atoms with Gasteiger partial charge in [0.15, 0.2) is 0 Å². The molecule has 1 aliphatic heterocycles. The van der Waals surface area contributed by atoms with Crippen molar-refractivity contribution in [3.63, 3.8) is 0 Å². The lowest BCUT2D eigenvalue weighted by Crippen LogP contribution is -2.39. The Kier molecular flexibility index (Phi) is 4.14. The zero-order valence-corrected chi connectivity index (χ0v) is 12.3. The van der Waals surface area contributed by atoms with Crippen molar-refractivity contribution >= 4 is 5.69 Å². The third-order valence-electron chi connectivity index (χ3n) is 3.97. The van der Waals surface area contributed by atoms with Gasteiger partial charge in [0.2, 0.25) is 0 Å². The maximum absolute atomic E-state index is 13.7. The van der Waals surface area contributed by atoms with Gasteiger partial charge in [-0.25, -0.2) is 4.39 Å². The van der Waals surface area contributed by atoms with Crippen LogP contribution in [0.4, 0.5) is 10.1 Å². The Balaban J connectivity index is 2.40. The Morgan fingerprint density at radius 3 is 2.37 bits per heavy atom. The topological polar surface area (TPSA) is 23.5 Å². The summed E-state index contributed by atoms with van der Waals surface area (Å²) in [6.45, 7) is 9.94. The van der Waals surface area contributed by atoms with E-state index in [1.807, 2.05) is 6.07 Å². The fourth-order valence-electron chi connectivity index (χ4n) is 3.15. The lowest BCUT2D eigenvalue weighted by Gasteiger charge is -2.38. The highest BCUT2D eigenvalue weighted by molar-refractivity contribution is 5.57. The number of rotatable bonds is 2. The predicted molar refractivity (Wildman–Crippen MR) is 76.9 cm³/mol. The molecule has 0 bridgehead atoms. The fraction of sp³-hybridized carbons (Fsp3) is 0.625. The second kappa shape index (κ2) is 5.49. The fourth-order valence-corrected chi connectivity index (χ4v) is 3.15. The van der Waals surface area contributed by atoms with Crippen molar-refractivity contribution in [2.45, 2.75) is 40.2 Å². The minimum absolute atomic E-state index is 0.238. The third kappa shape index (κ3) is 3.08. The van der Waals surface area contributed by atoms with Gasteiger partial charge in [-0.05, 0) is 49.8 Å². The first-order valence-corrected chi connectivity index (χ1v) is 7.11. The van der Waals surface area contributed by atoms with Crippen LogP contribution in [0.5, 0.6) is 0 Å². The van der Waals surface area contributed by atoms with Gasteiger partial charge >= 0.3 is 0 Å². The molecule has 2 unspecified atom stereocenters. The van der Waals surface area contributed by atoms with Crippen molar-refractivity contribution in [3.05, 3.63) is 29.1 Å². The van der Waals surface area contributed by atoms with Gasteiger partial charge in [0, 0.05) is 24.3 Å². The van der Waals surface area contributed by atoms with Gasteiger partial charge in [-0.15, -0.1) is 0 Å². The van der Waals surface area contributed by atoms with Crippen LogP contribution in [-0.2, 0) is 0 Å². The molecule has 1 aromatic rings. The van der Waals surface area contributed by atoms with E-state index in [0.717, 1.165) is 18.8 Å². The summed E-state index contributed by atoms with van der Waals surface area (Å²) in [5, 5.41) is 9.89. The number of halogens is 1. The van der Waals surface area contributed by atoms with Crippen molar-refractivity contribution in [1.29, 1.82) is 0 Å². The second-order valence-corrected chi connectivity index (χ2v) is 6.19. The van der Waals surface area contributed by atoms with Crippen molar-refractivity contribution in [1.82, 2.24) is 0 Å². The van der Waals surface area contributed by atoms with Gasteiger partial charge in [0.05, 0.1) is 6.10 Å². The Morgan fingerprint density at radius 2 is 1.84 bits per heavy atom. The van der Waals surface area contributed by atoms with E-state index >= 15 is 0 Å². The van der Waals surface area contributed by atoms with Crippen LogP contribution in [0.3, 0.4) is 0 Å². The van der Waals surface area contributed by atoms with Crippen LogP contribution < -0.4 is 4.90 Å². The highest BCUT2D eigenvalue weighted by atomic mass is 19.1. The molecule has 2 rings (SSSR count). The highest BCUT2D eigenvalue weighted by Crippen LogP contribution is 2.33. The van der Waals surface area contributed by atoms with Gasteiger partial charge in [-0.1, -0.05) is 13.8 Å². The smallest absolute Gasteiger partial charge is 0.126 e. The van der Waals surface area contributed by atoms with E-state index in [2.05, 4.69) is 18.7 Å². The number of benzene rings is 1. The molecule has 1 heterocycles. The van der Waals surface area contributed by atoms with E-state index in [9.17, 15) is 9.50 Å². The maximum Gasteiger partial charge on any atom is 0.126 e. The Bertz CT molecular complexity index is 448. The number of nitrogens with zero attached hydrogens (tertiary/aromatic N) is 1. The summed E-state index contributed by atoms with van der Waals surface area (Å²) >= 11 is 0. The summed E-state index contributed by atoms with van der Waals surface area (Å²) in [4.78, 5) is 2.30. The molecular weight excluding hydrogens is 241 g/mol. The third-order valence-corrected chi connectivity index (χ3v) is 3.97. The highest BCUT2D eigenvalue weighted by Gasteiger charge is 2.25. The lowest BCUT2D eigenvalue weighted by atomic mass is 9.90. The molecule has 1 fully saturated rings. The first-order valence-electron chi connectivity index (χ1n) is 7.11. The van der Waals surface area contributed by atoms with Gasteiger partial charge in [0.25, 0.3) is 0 Å². The number of aryl methyl sites for hydroxylation is 1. The average Bonchev–Trinajstić information content (AvgIpc) is 2.30. The van der Waals surface area contributed by atoms with Gasteiger partial charge in [0.1, 0.15) is 5.82 Å². The monoisotopic (exact) mass is 265 g/mol. The molecule has 0 spiro atoms. The standard InChI is InChI=1S/C16H24FNO/c1-10-5-11(2)9-18(8-10)16-6-12(3)15(17)7-14(16)13(4)19/h6-7,10-11,13,19H,5,8-9H2,1-4H3/t10?,11?,13-/m0/s1. The molecule has 2 nitrogen and oxygen atoms in total. The number of anilines is 1. The quantitative estimate of drug-likeness (QED) is 0.882. The Morgan fingerprint density at radius 1 is 1.26 bits per heavy atom. The summed E-state index contributed by atoms with van der Waals surface area (Å²) < 4.78 is 13.7. The molecule has 3 atom stereocenters. The molecule has 0 radical (unpaired) electrons. The molecule has 3 heteroatoms. The lowest BCUT2D eigenvalue weighted by molar-refractivity contribution is 0.198. The minimum Gasteiger partial charge on any atom is -0.389 e. The molecular formula is C16H24FNO.